The van der Waals surface area contributed by atoms with Crippen molar-refractivity contribution in [1.29, 1.82) is 0 Å². The molecule has 130 valence electrons. The first-order chi connectivity index (χ1) is 12.8. The number of hydrogen-bond donors (Lipinski definition) is 0. The smallest absolute Gasteiger partial charge is 0.214 e. The predicted octanol–water partition coefficient (Wildman–Crippen LogP) is 5.00. The molecular formula is C21H18N2O2S. The highest BCUT2D eigenvalue weighted by Gasteiger charge is 2.41. The molecule has 0 aliphatic carbocycles. The van der Waals surface area contributed by atoms with Crippen LogP contribution in [0.1, 0.15) is 34.7 Å². The molecule has 2 aromatic carbocycles. The van der Waals surface area contributed by atoms with E-state index in [2.05, 4.69) is 40.7 Å². The quantitative estimate of drug-likeness (QED) is 0.658. The second-order valence-electron chi connectivity index (χ2n) is 6.41. The minimum Gasteiger partial charge on any atom is -0.497 e. The van der Waals surface area contributed by atoms with Gasteiger partial charge in [-0.3, -0.25) is 0 Å². The molecule has 2 atom stereocenters. The monoisotopic (exact) mass is 362 g/mol. The lowest BCUT2D eigenvalue weighted by atomic mass is 9.98. The Bertz CT molecular complexity index is 968. The number of fused-ring (bicyclic) bond motifs is 3. The van der Waals surface area contributed by atoms with E-state index < -0.39 is 0 Å². The predicted molar refractivity (Wildman–Crippen MR) is 103 cm³/mol. The summed E-state index contributed by atoms with van der Waals surface area (Å²) in [5, 5.41) is 9.16. The summed E-state index contributed by atoms with van der Waals surface area (Å²) in [7, 11) is 1.68. The molecule has 3 aromatic rings. The van der Waals surface area contributed by atoms with E-state index in [1.807, 2.05) is 30.3 Å². The van der Waals surface area contributed by atoms with Gasteiger partial charge in [0.25, 0.3) is 0 Å². The second kappa shape index (κ2) is 6.18. The Morgan fingerprint density at radius 3 is 2.88 bits per heavy atom. The van der Waals surface area contributed by atoms with E-state index in [0.717, 1.165) is 29.2 Å². The average molecular weight is 362 g/mol. The van der Waals surface area contributed by atoms with Crippen molar-refractivity contribution in [2.45, 2.75) is 18.7 Å². The number of rotatable bonds is 3. The van der Waals surface area contributed by atoms with E-state index in [1.165, 1.54) is 10.4 Å². The fourth-order valence-corrected chi connectivity index (χ4v) is 4.36. The molecule has 0 saturated carbocycles. The molecule has 5 heteroatoms. The van der Waals surface area contributed by atoms with Crippen molar-refractivity contribution in [1.82, 2.24) is 5.01 Å². The Morgan fingerprint density at radius 2 is 2.04 bits per heavy atom. The molecule has 0 fully saturated rings. The molecule has 0 N–H and O–H groups in total. The van der Waals surface area contributed by atoms with E-state index >= 15 is 0 Å². The zero-order valence-corrected chi connectivity index (χ0v) is 15.1. The van der Waals surface area contributed by atoms with Crippen molar-refractivity contribution in [3.63, 3.8) is 0 Å². The number of hydrogen-bond acceptors (Lipinski definition) is 5. The normalized spacial score (nSPS) is 20.8. The van der Waals surface area contributed by atoms with Gasteiger partial charge in [-0.2, -0.15) is 5.10 Å². The Hall–Kier alpha value is -2.79. The number of para-hydroxylation sites is 1. The molecule has 2 aliphatic rings. The highest BCUT2D eigenvalue weighted by molar-refractivity contribution is 7.12. The summed E-state index contributed by atoms with van der Waals surface area (Å²) in [5.74, 6) is 1.76. The topological polar surface area (TPSA) is 34.1 Å². The molecule has 0 unspecified atom stereocenters. The van der Waals surface area contributed by atoms with Gasteiger partial charge in [-0.15, -0.1) is 11.3 Å². The molecule has 3 heterocycles. The van der Waals surface area contributed by atoms with Gasteiger partial charge in [0.15, 0.2) is 0 Å². The summed E-state index contributed by atoms with van der Waals surface area (Å²) in [6, 6.07) is 20.7. The average Bonchev–Trinajstić information content (AvgIpc) is 3.37. The largest absolute Gasteiger partial charge is 0.497 e. The Kier molecular flexibility index (Phi) is 3.68. The molecule has 2 aliphatic heterocycles. The van der Waals surface area contributed by atoms with Crippen molar-refractivity contribution in [2.24, 2.45) is 5.10 Å². The van der Waals surface area contributed by atoms with Crippen LogP contribution >= 0.6 is 11.3 Å². The Morgan fingerprint density at radius 1 is 1.12 bits per heavy atom. The van der Waals surface area contributed by atoms with Crippen LogP contribution in [0, 0.1) is 0 Å². The summed E-state index contributed by atoms with van der Waals surface area (Å²) in [6.45, 7) is 0. The number of ether oxygens (including phenoxy) is 2. The molecule has 0 saturated heterocycles. The molecular weight excluding hydrogens is 344 g/mol. The van der Waals surface area contributed by atoms with Crippen molar-refractivity contribution in [3.05, 3.63) is 82.0 Å². The van der Waals surface area contributed by atoms with E-state index in [1.54, 1.807) is 18.4 Å². The standard InChI is InChI=1S/C21H18N2O2S/c1-24-15-7-4-6-14(12-15)21-23-18(16-8-2-3-9-19(16)25-21)13-17(22-23)20-10-5-11-26-20/h2-12,18,21H,13H2,1H3/t18-,21-/m0/s1. The third-order valence-corrected chi connectivity index (χ3v) is 5.80. The summed E-state index contributed by atoms with van der Waals surface area (Å²) in [6.07, 6.45) is 0.629. The van der Waals surface area contributed by atoms with Crippen molar-refractivity contribution >= 4 is 17.0 Å². The lowest BCUT2D eigenvalue weighted by Gasteiger charge is -2.38. The third-order valence-electron chi connectivity index (χ3n) is 4.88. The summed E-state index contributed by atoms with van der Waals surface area (Å²) in [5.41, 5.74) is 3.36. The van der Waals surface area contributed by atoms with Gasteiger partial charge in [0.2, 0.25) is 6.23 Å². The van der Waals surface area contributed by atoms with Crippen LogP contribution < -0.4 is 9.47 Å². The fourth-order valence-electron chi connectivity index (χ4n) is 3.64. The SMILES string of the molecule is COc1cccc([C@@H]2Oc3ccccc3[C@@H]3CC(c4cccs4)=NN32)c1. The molecule has 0 amide bonds. The fraction of sp³-hybridized carbons (Fsp3) is 0.190. The number of methoxy groups -OCH3 is 1. The van der Waals surface area contributed by atoms with E-state index in [4.69, 9.17) is 14.6 Å². The first-order valence-corrected chi connectivity index (χ1v) is 9.50. The van der Waals surface area contributed by atoms with Gasteiger partial charge in [0, 0.05) is 17.5 Å². The van der Waals surface area contributed by atoms with Gasteiger partial charge in [-0.1, -0.05) is 36.4 Å². The van der Waals surface area contributed by atoms with Gasteiger partial charge in [0.1, 0.15) is 11.5 Å². The molecule has 4 nitrogen and oxygen atoms in total. The molecule has 0 bridgehead atoms. The lowest BCUT2D eigenvalue weighted by molar-refractivity contribution is -0.0191. The maximum Gasteiger partial charge on any atom is 0.214 e. The minimum absolute atomic E-state index is 0.188. The minimum atomic E-state index is -0.262. The maximum absolute atomic E-state index is 6.36. The lowest BCUT2D eigenvalue weighted by Crippen LogP contribution is -2.33. The number of hydrazone groups is 1. The van der Waals surface area contributed by atoms with E-state index in [-0.39, 0.29) is 12.3 Å². The number of thiophene rings is 1. The Balaban J connectivity index is 1.60. The van der Waals surface area contributed by atoms with Crippen LogP contribution in [0.2, 0.25) is 0 Å². The van der Waals surface area contributed by atoms with E-state index in [0.29, 0.717) is 0 Å². The van der Waals surface area contributed by atoms with Crippen molar-refractivity contribution in [3.8, 4) is 11.5 Å². The van der Waals surface area contributed by atoms with Gasteiger partial charge in [0.05, 0.1) is 23.7 Å². The second-order valence-corrected chi connectivity index (χ2v) is 7.36. The highest BCUT2D eigenvalue weighted by Crippen LogP contribution is 2.47. The van der Waals surface area contributed by atoms with Gasteiger partial charge in [-0.05, 0) is 29.6 Å². The Labute approximate surface area is 156 Å². The molecule has 1 aromatic heterocycles. The summed E-state index contributed by atoms with van der Waals surface area (Å²) < 4.78 is 11.8. The third kappa shape index (κ3) is 2.47. The first-order valence-electron chi connectivity index (χ1n) is 8.63. The van der Waals surface area contributed by atoms with E-state index in [9.17, 15) is 0 Å². The van der Waals surface area contributed by atoms with Crippen LogP contribution in [0.4, 0.5) is 0 Å². The number of benzene rings is 2. The first kappa shape index (κ1) is 15.5. The van der Waals surface area contributed by atoms with Crippen molar-refractivity contribution < 1.29 is 9.47 Å². The summed E-state index contributed by atoms with van der Waals surface area (Å²) in [4.78, 5) is 1.22. The zero-order valence-electron chi connectivity index (χ0n) is 14.3. The van der Waals surface area contributed by atoms with Gasteiger partial charge >= 0.3 is 0 Å². The van der Waals surface area contributed by atoms with Crippen LogP contribution in [0.25, 0.3) is 0 Å². The van der Waals surface area contributed by atoms with Crippen LogP contribution in [0.3, 0.4) is 0 Å². The van der Waals surface area contributed by atoms with Crippen LogP contribution in [0.15, 0.2) is 71.1 Å². The van der Waals surface area contributed by atoms with Crippen molar-refractivity contribution in [2.75, 3.05) is 7.11 Å². The summed E-state index contributed by atoms with van der Waals surface area (Å²) >= 11 is 1.73. The highest BCUT2D eigenvalue weighted by atomic mass is 32.1. The molecule has 5 rings (SSSR count). The van der Waals surface area contributed by atoms with Crippen LogP contribution in [-0.4, -0.2) is 17.8 Å². The van der Waals surface area contributed by atoms with Crippen LogP contribution in [0.5, 0.6) is 11.5 Å². The van der Waals surface area contributed by atoms with Gasteiger partial charge in [-0.25, -0.2) is 5.01 Å². The zero-order chi connectivity index (χ0) is 17.5. The van der Waals surface area contributed by atoms with Crippen LogP contribution in [-0.2, 0) is 0 Å². The molecule has 0 spiro atoms. The maximum atomic E-state index is 6.36. The number of nitrogens with zero attached hydrogens (tertiary/aromatic N) is 2. The molecule has 0 radical (unpaired) electrons. The van der Waals surface area contributed by atoms with Gasteiger partial charge < -0.3 is 9.47 Å². The molecule has 26 heavy (non-hydrogen) atoms.